The molecule has 156 valence electrons. The van der Waals surface area contributed by atoms with E-state index in [1.54, 1.807) is 18.4 Å². The first kappa shape index (κ1) is 19.6. The van der Waals surface area contributed by atoms with Crippen molar-refractivity contribution in [2.75, 3.05) is 50.1 Å². The first-order valence-electron chi connectivity index (χ1n) is 9.74. The SMILES string of the molecule is CN(C)CCNc1ccc(CCNc2nc(N)n3nc(-c4ccco4)nc3n2)cc1. The van der Waals surface area contributed by atoms with Gasteiger partial charge in [0.2, 0.25) is 17.7 Å². The van der Waals surface area contributed by atoms with E-state index in [-0.39, 0.29) is 5.95 Å². The molecule has 0 aliphatic rings. The van der Waals surface area contributed by atoms with E-state index in [0.29, 0.717) is 29.9 Å². The van der Waals surface area contributed by atoms with Crippen LogP contribution in [0.25, 0.3) is 17.4 Å². The smallest absolute Gasteiger partial charge is 0.259 e. The number of nitrogens with zero attached hydrogens (tertiary/aromatic N) is 6. The molecule has 0 saturated carbocycles. The number of nitrogens with two attached hydrogens (primary N) is 1. The second kappa shape index (κ2) is 8.78. The second-order valence-corrected chi connectivity index (χ2v) is 7.13. The van der Waals surface area contributed by atoms with Crippen LogP contribution in [0.2, 0.25) is 0 Å². The first-order valence-corrected chi connectivity index (χ1v) is 9.74. The summed E-state index contributed by atoms with van der Waals surface area (Å²) in [6.45, 7) is 2.58. The molecule has 0 saturated heterocycles. The highest BCUT2D eigenvalue weighted by atomic mass is 16.3. The van der Waals surface area contributed by atoms with Gasteiger partial charge in [-0.2, -0.15) is 19.5 Å². The lowest BCUT2D eigenvalue weighted by atomic mass is 10.1. The fraction of sp³-hybridized carbons (Fsp3) is 0.300. The van der Waals surface area contributed by atoms with Crippen molar-refractivity contribution in [3.63, 3.8) is 0 Å². The number of anilines is 3. The van der Waals surface area contributed by atoms with Crippen LogP contribution in [0.1, 0.15) is 5.56 Å². The predicted octanol–water partition coefficient (Wildman–Crippen LogP) is 1.99. The summed E-state index contributed by atoms with van der Waals surface area (Å²) in [7, 11) is 4.13. The quantitative estimate of drug-likeness (QED) is 0.382. The highest BCUT2D eigenvalue weighted by molar-refractivity contribution is 5.52. The number of hydrogen-bond donors (Lipinski definition) is 3. The lowest BCUT2D eigenvalue weighted by Crippen LogP contribution is -2.20. The van der Waals surface area contributed by atoms with Crippen LogP contribution in [-0.4, -0.2) is 63.2 Å². The number of nitrogen functional groups attached to an aromatic ring is 1. The number of fused-ring (bicyclic) bond motifs is 1. The van der Waals surface area contributed by atoms with Gasteiger partial charge in [-0.3, -0.25) is 0 Å². The molecule has 0 amide bonds. The van der Waals surface area contributed by atoms with Gasteiger partial charge in [-0.25, -0.2) is 0 Å². The number of aromatic nitrogens is 5. The van der Waals surface area contributed by atoms with Crippen molar-refractivity contribution in [2.45, 2.75) is 6.42 Å². The molecule has 0 aliphatic heterocycles. The summed E-state index contributed by atoms with van der Waals surface area (Å²) in [4.78, 5) is 15.2. The maximum Gasteiger partial charge on any atom is 0.259 e. The number of likely N-dealkylation sites (N-methyl/N-ethyl adjacent to an activating group) is 1. The number of nitrogens with one attached hydrogen (secondary N) is 2. The molecular weight excluding hydrogens is 382 g/mol. The van der Waals surface area contributed by atoms with E-state index in [2.05, 4.69) is 73.9 Å². The molecule has 0 unspecified atom stereocenters. The molecule has 0 bridgehead atoms. The van der Waals surface area contributed by atoms with Gasteiger partial charge >= 0.3 is 0 Å². The zero-order valence-corrected chi connectivity index (χ0v) is 17.0. The van der Waals surface area contributed by atoms with E-state index in [0.717, 1.165) is 25.2 Å². The Morgan fingerprint density at radius 2 is 1.87 bits per heavy atom. The minimum Gasteiger partial charge on any atom is -0.461 e. The fourth-order valence-electron chi connectivity index (χ4n) is 2.93. The summed E-state index contributed by atoms with van der Waals surface area (Å²) in [5.74, 6) is 1.96. The monoisotopic (exact) mass is 407 g/mol. The van der Waals surface area contributed by atoms with Crippen molar-refractivity contribution in [3.05, 3.63) is 48.2 Å². The molecule has 4 rings (SSSR count). The standard InChI is InChI=1S/C20H25N9O/c1-28(2)12-11-22-15-7-5-14(6-8-15)9-10-23-19-25-18(21)29-20(26-19)24-17(27-29)16-4-3-13-30-16/h3-8,13,22H,9-12H2,1-2H3,(H3,21,23,24,25,26,27). The third kappa shape index (κ3) is 4.66. The van der Waals surface area contributed by atoms with Crippen LogP contribution in [0, 0.1) is 0 Å². The maximum absolute atomic E-state index is 6.01. The van der Waals surface area contributed by atoms with Crippen LogP contribution < -0.4 is 16.4 Å². The Hall–Kier alpha value is -3.66. The van der Waals surface area contributed by atoms with Crippen molar-refractivity contribution < 1.29 is 4.42 Å². The highest BCUT2D eigenvalue weighted by Crippen LogP contribution is 2.17. The Labute approximate surface area is 174 Å². The molecule has 0 atom stereocenters. The van der Waals surface area contributed by atoms with Gasteiger partial charge in [-0.1, -0.05) is 12.1 Å². The van der Waals surface area contributed by atoms with Gasteiger partial charge in [0.05, 0.1) is 6.26 Å². The predicted molar refractivity (Wildman–Crippen MR) is 116 cm³/mol. The van der Waals surface area contributed by atoms with Gasteiger partial charge < -0.3 is 25.7 Å². The maximum atomic E-state index is 6.01. The van der Waals surface area contributed by atoms with Crippen molar-refractivity contribution in [2.24, 2.45) is 0 Å². The van der Waals surface area contributed by atoms with E-state index in [4.69, 9.17) is 10.2 Å². The molecular formula is C20H25N9O. The summed E-state index contributed by atoms with van der Waals surface area (Å²) in [6.07, 6.45) is 2.40. The summed E-state index contributed by atoms with van der Waals surface area (Å²) >= 11 is 0. The summed E-state index contributed by atoms with van der Waals surface area (Å²) in [6, 6.07) is 12.0. The van der Waals surface area contributed by atoms with Gasteiger partial charge in [0.1, 0.15) is 0 Å². The third-order valence-electron chi connectivity index (χ3n) is 4.51. The summed E-state index contributed by atoms with van der Waals surface area (Å²) < 4.78 is 6.72. The molecule has 0 fully saturated rings. The van der Waals surface area contributed by atoms with Gasteiger partial charge in [0.25, 0.3) is 5.78 Å². The Morgan fingerprint density at radius 3 is 2.60 bits per heavy atom. The lowest BCUT2D eigenvalue weighted by molar-refractivity contribution is 0.425. The highest BCUT2D eigenvalue weighted by Gasteiger charge is 2.13. The number of hydrogen-bond acceptors (Lipinski definition) is 9. The van der Waals surface area contributed by atoms with Crippen molar-refractivity contribution in [1.29, 1.82) is 0 Å². The van der Waals surface area contributed by atoms with E-state index in [1.807, 2.05) is 0 Å². The van der Waals surface area contributed by atoms with E-state index >= 15 is 0 Å². The molecule has 30 heavy (non-hydrogen) atoms. The molecule has 0 radical (unpaired) electrons. The van der Waals surface area contributed by atoms with Gasteiger partial charge in [0.15, 0.2) is 5.76 Å². The second-order valence-electron chi connectivity index (χ2n) is 7.13. The molecule has 0 spiro atoms. The normalized spacial score (nSPS) is 11.3. The van der Waals surface area contributed by atoms with Crippen LogP contribution >= 0.6 is 0 Å². The Morgan fingerprint density at radius 1 is 1.03 bits per heavy atom. The molecule has 1 aromatic carbocycles. The molecule has 3 aromatic heterocycles. The first-order chi connectivity index (χ1) is 14.6. The van der Waals surface area contributed by atoms with Crippen LogP contribution in [-0.2, 0) is 6.42 Å². The molecule has 10 heteroatoms. The zero-order chi connectivity index (χ0) is 20.9. The lowest BCUT2D eigenvalue weighted by Gasteiger charge is -2.12. The summed E-state index contributed by atoms with van der Waals surface area (Å²) in [5, 5.41) is 10.9. The Bertz CT molecular complexity index is 1090. The summed E-state index contributed by atoms with van der Waals surface area (Å²) in [5.41, 5.74) is 8.35. The number of benzene rings is 1. The molecule has 0 aliphatic carbocycles. The minimum absolute atomic E-state index is 0.209. The van der Waals surface area contributed by atoms with Crippen molar-refractivity contribution in [1.82, 2.24) is 29.5 Å². The topological polar surface area (TPSA) is 122 Å². The number of rotatable bonds is 9. The largest absolute Gasteiger partial charge is 0.461 e. The average Bonchev–Trinajstić information content (AvgIpc) is 3.39. The fourth-order valence-corrected chi connectivity index (χ4v) is 2.93. The average molecular weight is 407 g/mol. The number of furan rings is 1. The van der Waals surface area contributed by atoms with Crippen LogP contribution in [0.3, 0.4) is 0 Å². The molecule has 10 nitrogen and oxygen atoms in total. The van der Waals surface area contributed by atoms with Gasteiger partial charge in [-0.05, 0) is 50.3 Å². The van der Waals surface area contributed by atoms with Crippen molar-refractivity contribution in [3.8, 4) is 11.6 Å². The van der Waals surface area contributed by atoms with Crippen LogP contribution in [0.4, 0.5) is 17.6 Å². The minimum atomic E-state index is 0.209. The molecule has 3 heterocycles. The van der Waals surface area contributed by atoms with Gasteiger partial charge in [-0.15, -0.1) is 5.10 Å². The van der Waals surface area contributed by atoms with Crippen LogP contribution in [0.5, 0.6) is 0 Å². The van der Waals surface area contributed by atoms with Crippen LogP contribution in [0.15, 0.2) is 47.1 Å². The van der Waals surface area contributed by atoms with Crippen molar-refractivity contribution >= 4 is 23.4 Å². The Kier molecular flexibility index (Phi) is 5.75. The van der Waals surface area contributed by atoms with E-state index in [1.165, 1.54) is 10.1 Å². The van der Waals surface area contributed by atoms with E-state index in [9.17, 15) is 0 Å². The van der Waals surface area contributed by atoms with Gasteiger partial charge in [0, 0.05) is 25.3 Å². The third-order valence-corrected chi connectivity index (χ3v) is 4.51. The van der Waals surface area contributed by atoms with E-state index < -0.39 is 0 Å². The Balaban J connectivity index is 1.34. The zero-order valence-electron chi connectivity index (χ0n) is 17.0. The molecule has 4 N–H and O–H groups in total. The molecule has 4 aromatic rings.